The zero-order chi connectivity index (χ0) is 12.4. The minimum atomic E-state index is -0.149. The summed E-state index contributed by atoms with van der Waals surface area (Å²) in [6, 6.07) is -0.0526. The van der Waals surface area contributed by atoms with Crippen molar-refractivity contribution in [3.8, 4) is 0 Å². The van der Waals surface area contributed by atoms with E-state index < -0.39 is 0 Å². The van der Waals surface area contributed by atoms with E-state index in [0.717, 1.165) is 19.3 Å². The molecule has 0 rings (SSSR count). The molecule has 0 spiro atoms. The summed E-state index contributed by atoms with van der Waals surface area (Å²) >= 11 is 0. The molecule has 0 radical (unpaired) electrons. The van der Waals surface area contributed by atoms with Gasteiger partial charge in [-0.2, -0.15) is 0 Å². The Balaban J connectivity index is 3.70. The van der Waals surface area contributed by atoms with Gasteiger partial charge in [0.1, 0.15) is 0 Å². The minimum Gasteiger partial charge on any atom is -0.465 e. The van der Waals surface area contributed by atoms with Crippen LogP contribution in [-0.4, -0.2) is 18.6 Å². The van der Waals surface area contributed by atoms with Crippen LogP contribution in [0.15, 0.2) is 0 Å². The molecule has 96 valence electrons. The molecule has 0 saturated heterocycles. The molecule has 0 fully saturated rings. The van der Waals surface area contributed by atoms with Gasteiger partial charge in [-0.05, 0) is 18.8 Å². The number of carbonyl (C=O) groups is 1. The number of nitrogens with two attached hydrogens (primary N) is 1. The van der Waals surface area contributed by atoms with Gasteiger partial charge < -0.3 is 10.5 Å². The zero-order valence-electron chi connectivity index (χ0n) is 11.0. The number of hydrogen-bond acceptors (Lipinski definition) is 3. The van der Waals surface area contributed by atoms with Crippen molar-refractivity contribution in [1.29, 1.82) is 0 Å². The predicted octanol–water partition coefficient (Wildman–Crippen LogP) is 2.87. The average molecular weight is 229 g/mol. The molecule has 0 heterocycles. The third kappa shape index (κ3) is 7.69. The third-order valence-electron chi connectivity index (χ3n) is 2.98. The Morgan fingerprint density at radius 2 is 1.94 bits per heavy atom. The maximum Gasteiger partial charge on any atom is 0.307 e. The van der Waals surface area contributed by atoms with Gasteiger partial charge in [0.25, 0.3) is 0 Å². The van der Waals surface area contributed by atoms with Crippen LogP contribution in [0.5, 0.6) is 0 Å². The fourth-order valence-corrected chi connectivity index (χ4v) is 1.53. The Labute approximate surface area is 99.7 Å². The SMILES string of the molecule is CCCCC(CC)COC(=O)CC(N)CC. The van der Waals surface area contributed by atoms with Gasteiger partial charge in [0, 0.05) is 6.04 Å². The highest BCUT2D eigenvalue weighted by atomic mass is 16.5. The lowest BCUT2D eigenvalue weighted by atomic mass is 10.0. The second-order valence-electron chi connectivity index (χ2n) is 4.47. The van der Waals surface area contributed by atoms with E-state index in [0.29, 0.717) is 18.9 Å². The molecule has 3 heteroatoms. The van der Waals surface area contributed by atoms with Crippen molar-refractivity contribution in [2.45, 2.75) is 65.3 Å². The maximum atomic E-state index is 11.4. The van der Waals surface area contributed by atoms with Crippen LogP contribution in [0.4, 0.5) is 0 Å². The first kappa shape index (κ1) is 15.4. The Hall–Kier alpha value is -0.570. The Kier molecular flexibility index (Phi) is 9.30. The van der Waals surface area contributed by atoms with Gasteiger partial charge in [-0.15, -0.1) is 0 Å². The summed E-state index contributed by atoms with van der Waals surface area (Å²) in [7, 11) is 0. The monoisotopic (exact) mass is 229 g/mol. The van der Waals surface area contributed by atoms with Gasteiger partial charge >= 0.3 is 5.97 Å². The lowest BCUT2D eigenvalue weighted by Gasteiger charge is -2.15. The average Bonchev–Trinajstić information content (AvgIpc) is 2.29. The number of ether oxygens (including phenoxy) is 1. The summed E-state index contributed by atoms with van der Waals surface area (Å²) in [6.07, 6.45) is 5.81. The summed E-state index contributed by atoms with van der Waals surface area (Å²) < 4.78 is 5.25. The Morgan fingerprint density at radius 1 is 1.25 bits per heavy atom. The molecular formula is C13H27NO2. The molecule has 0 aromatic carbocycles. The second kappa shape index (κ2) is 9.64. The van der Waals surface area contributed by atoms with Gasteiger partial charge in [-0.25, -0.2) is 0 Å². The summed E-state index contributed by atoms with van der Waals surface area (Å²) in [5, 5.41) is 0. The highest BCUT2D eigenvalue weighted by Gasteiger charge is 2.12. The van der Waals surface area contributed by atoms with E-state index in [4.69, 9.17) is 10.5 Å². The summed E-state index contributed by atoms with van der Waals surface area (Å²) in [5.74, 6) is 0.367. The first-order valence-corrected chi connectivity index (χ1v) is 6.55. The van der Waals surface area contributed by atoms with Crippen LogP contribution in [0, 0.1) is 5.92 Å². The van der Waals surface area contributed by atoms with E-state index in [1.807, 2.05) is 6.92 Å². The highest BCUT2D eigenvalue weighted by molar-refractivity contribution is 5.70. The lowest BCUT2D eigenvalue weighted by Crippen LogP contribution is -2.25. The maximum absolute atomic E-state index is 11.4. The molecule has 0 aromatic heterocycles. The van der Waals surface area contributed by atoms with Crippen molar-refractivity contribution in [1.82, 2.24) is 0 Å². The number of carbonyl (C=O) groups excluding carboxylic acids is 1. The van der Waals surface area contributed by atoms with Crippen LogP contribution < -0.4 is 5.73 Å². The second-order valence-corrected chi connectivity index (χ2v) is 4.47. The smallest absolute Gasteiger partial charge is 0.307 e. The number of rotatable bonds is 9. The molecular weight excluding hydrogens is 202 g/mol. The molecule has 0 aliphatic carbocycles. The molecule has 16 heavy (non-hydrogen) atoms. The standard InChI is InChI=1S/C13H27NO2/c1-4-7-8-11(5-2)10-16-13(15)9-12(14)6-3/h11-12H,4-10,14H2,1-3H3. The van der Waals surface area contributed by atoms with Crippen molar-refractivity contribution in [2.24, 2.45) is 11.7 Å². The van der Waals surface area contributed by atoms with Gasteiger partial charge in [0.05, 0.1) is 13.0 Å². The number of unbranched alkanes of at least 4 members (excludes halogenated alkanes) is 1. The number of esters is 1. The summed E-state index contributed by atoms with van der Waals surface area (Å²) in [6.45, 7) is 6.87. The van der Waals surface area contributed by atoms with Crippen molar-refractivity contribution in [3.05, 3.63) is 0 Å². The Bertz CT molecular complexity index is 183. The zero-order valence-corrected chi connectivity index (χ0v) is 11.0. The largest absolute Gasteiger partial charge is 0.465 e. The molecule has 0 aromatic rings. The van der Waals surface area contributed by atoms with Gasteiger partial charge in [-0.1, -0.05) is 40.0 Å². The molecule has 0 bridgehead atoms. The van der Waals surface area contributed by atoms with Crippen molar-refractivity contribution >= 4 is 5.97 Å². The molecule has 3 nitrogen and oxygen atoms in total. The normalized spacial score (nSPS) is 14.5. The van der Waals surface area contributed by atoms with Gasteiger partial charge in [0.15, 0.2) is 0 Å². The van der Waals surface area contributed by atoms with Crippen LogP contribution in [0.2, 0.25) is 0 Å². The van der Waals surface area contributed by atoms with Crippen molar-refractivity contribution in [2.75, 3.05) is 6.61 Å². The van der Waals surface area contributed by atoms with Crippen molar-refractivity contribution < 1.29 is 9.53 Å². The lowest BCUT2D eigenvalue weighted by molar-refractivity contribution is -0.145. The van der Waals surface area contributed by atoms with Crippen LogP contribution in [-0.2, 0) is 9.53 Å². The van der Waals surface area contributed by atoms with Crippen molar-refractivity contribution in [3.63, 3.8) is 0 Å². The first-order chi connectivity index (χ1) is 7.63. The van der Waals surface area contributed by atoms with Crippen LogP contribution >= 0.6 is 0 Å². The van der Waals surface area contributed by atoms with E-state index in [9.17, 15) is 4.79 Å². The predicted molar refractivity (Wildman–Crippen MR) is 67.1 cm³/mol. The molecule has 2 unspecified atom stereocenters. The van der Waals surface area contributed by atoms with E-state index in [1.165, 1.54) is 12.8 Å². The summed E-state index contributed by atoms with van der Waals surface area (Å²) in [4.78, 5) is 11.4. The van der Waals surface area contributed by atoms with Crippen LogP contribution in [0.3, 0.4) is 0 Å². The van der Waals surface area contributed by atoms with Gasteiger partial charge in [0.2, 0.25) is 0 Å². The minimum absolute atomic E-state index is 0.0526. The molecule has 0 aliphatic heterocycles. The molecule has 0 saturated carbocycles. The molecule has 0 aliphatic rings. The van der Waals surface area contributed by atoms with E-state index in [-0.39, 0.29) is 12.0 Å². The molecule has 2 atom stereocenters. The first-order valence-electron chi connectivity index (χ1n) is 6.55. The summed E-state index contributed by atoms with van der Waals surface area (Å²) in [5.41, 5.74) is 5.69. The van der Waals surface area contributed by atoms with E-state index in [1.54, 1.807) is 0 Å². The van der Waals surface area contributed by atoms with Gasteiger partial charge in [-0.3, -0.25) is 4.79 Å². The quantitative estimate of drug-likeness (QED) is 0.618. The third-order valence-corrected chi connectivity index (χ3v) is 2.98. The topological polar surface area (TPSA) is 52.3 Å². The fraction of sp³-hybridized carbons (Fsp3) is 0.923. The highest BCUT2D eigenvalue weighted by Crippen LogP contribution is 2.13. The van der Waals surface area contributed by atoms with E-state index in [2.05, 4.69) is 13.8 Å². The van der Waals surface area contributed by atoms with Crippen LogP contribution in [0.25, 0.3) is 0 Å². The fourth-order valence-electron chi connectivity index (χ4n) is 1.53. The molecule has 0 amide bonds. The molecule has 2 N–H and O–H groups in total. The Morgan fingerprint density at radius 3 is 2.44 bits per heavy atom. The van der Waals surface area contributed by atoms with Crippen LogP contribution in [0.1, 0.15) is 59.3 Å². The van der Waals surface area contributed by atoms with E-state index >= 15 is 0 Å². The number of hydrogen-bond donors (Lipinski definition) is 1.